The van der Waals surface area contributed by atoms with Crippen molar-refractivity contribution in [3.8, 4) is 11.4 Å². The van der Waals surface area contributed by atoms with Crippen molar-refractivity contribution in [2.24, 2.45) is 0 Å². The minimum Gasteiger partial charge on any atom is -0.483 e. The number of hydrogen-bond acceptors (Lipinski definition) is 5. The van der Waals surface area contributed by atoms with Gasteiger partial charge >= 0.3 is 0 Å². The normalized spacial score (nSPS) is 10.8. The molecule has 0 fully saturated rings. The standard InChI is InChI=1S/C23H17F3N4O2S/c24-17-11-10-15(12-19(17)26)27-22(31)14-33-23-29-28-21(30(23)16-6-2-1-3-7-16)13-32-20-9-5-4-8-18(20)25/h1-12H,13-14H2,(H,27,31). The molecule has 0 aliphatic carbocycles. The summed E-state index contributed by atoms with van der Waals surface area (Å²) in [4.78, 5) is 12.3. The van der Waals surface area contributed by atoms with Crippen LogP contribution in [-0.2, 0) is 11.4 Å². The highest BCUT2D eigenvalue weighted by molar-refractivity contribution is 7.99. The molecule has 3 aromatic carbocycles. The maximum atomic E-state index is 13.9. The van der Waals surface area contributed by atoms with Crippen molar-refractivity contribution in [1.29, 1.82) is 0 Å². The number of ether oxygens (including phenoxy) is 1. The molecule has 1 amide bonds. The van der Waals surface area contributed by atoms with Gasteiger partial charge < -0.3 is 10.1 Å². The van der Waals surface area contributed by atoms with E-state index in [1.54, 1.807) is 16.7 Å². The van der Waals surface area contributed by atoms with Gasteiger partial charge in [0.25, 0.3) is 0 Å². The molecule has 0 atom stereocenters. The van der Waals surface area contributed by atoms with E-state index < -0.39 is 23.4 Å². The summed E-state index contributed by atoms with van der Waals surface area (Å²) in [5.41, 5.74) is 0.876. The molecule has 1 heterocycles. The van der Waals surface area contributed by atoms with Crippen molar-refractivity contribution < 1.29 is 22.7 Å². The van der Waals surface area contributed by atoms with Crippen LogP contribution < -0.4 is 10.1 Å². The molecule has 0 saturated heterocycles. The Morgan fingerprint density at radius 2 is 1.67 bits per heavy atom. The van der Waals surface area contributed by atoms with E-state index in [-0.39, 0.29) is 23.8 Å². The second-order valence-corrected chi connectivity index (χ2v) is 7.70. The second-order valence-electron chi connectivity index (χ2n) is 6.75. The van der Waals surface area contributed by atoms with E-state index in [9.17, 15) is 18.0 Å². The quantitative estimate of drug-likeness (QED) is 0.367. The number of amides is 1. The van der Waals surface area contributed by atoms with Crippen molar-refractivity contribution in [3.63, 3.8) is 0 Å². The molecule has 0 aliphatic rings. The number of hydrogen-bond donors (Lipinski definition) is 1. The molecule has 0 radical (unpaired) electrons. The number of aromatic nitrogens is 3. The summed E-state index contributed by atoms with van der Waals surface area (Å²) < 4.78 is 47.6. The molecule has 33 heavy (non-hydrogen) atoms. The first-order valence-electron chi connectivity index (χ1n) is 9.76. The van der Waals surface area contributed by atoms with E-state index in [1.807, 2.05) is 30.3 Å². The van der Waals surface area contributed by atoms with Crippen LogP contribution in [0, 0.1) is 17.5 Å². The van der Waals surface area contributed by atoms with Crippen LogP contribution >= 0.6 is 11.8 Å². The summed E-state index contributed by atoms with van der Waals surface area (Å²) in [6, 6.07) is 18.3. The van der Waals surface area contributed by atoms with Crippen molar-refractivity contribution in [3.05, 3.63) is 96.1 Å². The van der Waals surface area contributed by atoms with Crippen LogP contribution in [0.25, 0.3) is 5.69 Å². The highest BCUT2D eigenvalue weighted by atomic mass is 32.2. The Balaban J connectivity index is 1.49. The zero-order valence-electron chi connectivity index (χ0n) is 17.0. The fourth-order valence-electron chi connectivity index (χ4n) is 2.93. The van der Waals surface area contributed by atoms with Gasteiger partial charge in [0.2, 0.25) is 5.91 Å². The molecule has 10 heteroatoms. The Labute approximate surface area is 191 Å². The third kappa shape index (κ3) is 5.53. The number of nitrogens with one attached hydrogen (secondary N) is 1. The SMILES string of the molecule is O=C(CSc1nnc(COc2ccccc2F)n1-c1ccccc1)Nc1ccc(F)c(F)c1. The van der Waals surface area contributed by atoms with Crippen LogP contribution in [0.3, 0.4) is 0 Å². The zero-order chi connectivity index (χ0) is 23.2. The van der Waals surface area contributed by atoms with Gasteiger partial charge in [-0.05, 0) is 36.4 Å². The monoisotopic (exact) mass is 470 g/mol. The Morgan fingerprint density at radius 3 is 2.42 bits per heavy atom. The van der Waals surface area contributed by atoms with Crippen LogP contribution in [0.4, 0.5) is 18.9 Å². The van der Waals surface area contributed by atoms with Crippen molar-refractivity contribution >= 4 is 23.4 Å². The number of para-hydroxylation sites is 2. The van der Waals surface area contributed by atoms with E-state index in [1.165, 1.54) is 18.2 Å². The summed E-state index contributed by atoms with van der Waals surface area (Å²) in [6.07, 6.45) is 0. The van der Waals surface area contributed by atoms with Crippen molar-refractivity contribution in [2.75, 3.05) is 11.1 Å². The molecule has 0 aliphatic heterocycles. The lowest BCUT2D eigenvalue weighted by Crippen LogP contribution is -2.15. The first-order chi connectivity index (χ1) is 16.0. The van der Waals surface area contributed by atoms with Crippen LogP contribution in [-0.4, -0.2) is 26.4 Å². The first-order valence-corrected chi connectivity index (χ1v) is 10.7. The van der Waals surface area contributed by atoms with Crippen molar-refractivity contribution in [2.45, 2.75) is 11.8 Å². The number of nitrogens with zero attached hydrogens (tertiary/aromatic N) is 3. The maximum absolute atomic E-state index is 13.9. The fourth-order valence-corrected chi connectivity index (χ4v) is 3.70. The average molecular weight is 470 g/mol. The van der Waals surface area contributed by atoms with Gasteiger partial charge in [0.05, 0.1) is 5.75 Å². The topological polar surface area (TPSA) is 69.0 Å². The predicted octanol–water partition coefficient (Wildman–Crippen LogP) is 4.99. The lowest BCUT2D eigenvalue weighted by Gasteiger charge is -2.11. The molecule has 0 unspecified atom stereocenters. The van der Waals surface area contributed by atoms with Crippen LogP contribution in [0.5, 0.6) is 5.75 Å². The van der Waals surface area contributed by atoms with Gasteiger partial charge in [-0.1, -0.05) is 42.1 Å². The van der Waals surface area contributed by atoms with Gasteiger partial charge in [0.1, 0.15) is 6.61 Å². The lowest BCUT2D eigenvalue weighted by atomic mass is 10.3. The Bertz CT molecular complexity index is 1270. The van der Waals surface area contributed by atoms with E-state index in [4.69, 9.17) is 4.74 Å². The Kier molecular flexibility index (Phi) is 6.94. The molecule has 0 saturated carbocycles. The summed E-state index contributed by atoms with van der Waals surface area (Å²) >= 11 is 1.10. The Morgan fingerprint density at radius 1 is 0.909 bits per heavy atom. The number of rotatable bonds is 8. The van der Waals surface area contributed by atoms with Crippen LogP contribution in [0.15, 0.2) is 78.0 Å². The van der Waals surface area contributed by atoms with Gasteiger partial charge in [-0.15, -0.1) is 10.2 Å². The highest BCUT2D eigenvalue weighted by Gasteiger charge is 2.17. The summed E-state index contributed by atoms with van der Waals surface area (Å²) in [6.45, 7) is -0.0512. The number of anilines is 1. The molecule has 6 nitrogen and oxygen atoms in total. The number of halogens is 3. The summed E-state index contributed by atoms with van der Waals surface area (Å²) in [7, 11) is 0. The van der Waals surface area contributed by atoms with Gasteiger partial charge in [-0.25, -0.2) is 13.2 Å². The third-order valence-electron chi connectivity index (χ3n) is 4.44. The van der Waals surface area contributed by atoms with Crippen LogP contribution in [0.2, 0.25) is 0 Å². The maximum Gasteiger partial charge on any atom is 0.234 e. The van der Waals surface area contributed by atoms with Crippen LogP contribution in [0.1, 0.15) is 5.82 Å². The average Bonchev–Trinajstić information content (AvgIpc) is 3.23. The smallest absolute Gasteiger partial charge is 0.234 e. The predicted molar refractivity (Wildman–Crippen MR) is 118 cm³/mol. The third-order valence-corrected chi connectivity index (χ3v) is 5.37. The van der Waals surface area contributed by atoms with Crippen molar-refractivity contribution in [1.82, 2.24) is 14.8 Å². The van der Waals surface area contributed by atoms with E-state index in [2.05, 4.69) is 15.5 Å². The van der Waals surface area contributed by atoms with Gasteiger partial charge in [0.15, 0.2) is 34.2 Å². The minimum absolute atomic E-state index is 0.0512. The molecule has 1 aromatic heterocycles. The largest absolute Gasteiger partial charge is 0.483 e. The second kappa shape index (κ2) is 10.2. The van der Waals surface area contributed by atoms with E-state index in [0.29, 0.717) is 11.0 Å². The molecule has 168 valence electrons. The van der Waals surface area contributed by atoms with E-state index >= 15 is 0 Å². The molecular formula is C23H17F3N4O2S. The van der Waals surface area contributed by atoms with Gasteiger partial charge in [-0.3, -0.25) is 9.36 Å². The molecule has 4 aromatic rings. The summed E-state index contributed by atoms with van der Waals surface area (Å²) in [5.74, 6) is -2.54. The van der Waals surface area contributed by atoms with Gasteiger partial charge in [0, 0.05) is 17.4 Å². The minimum atomic E-state index is -1.05. The number of carbonyl (C=O) groups is 1. The first kappa shape index (κ1) is 22.4. The van der Waals surface area contributed by atoms with E-state index in [0.717, 1.165) is 29.6 Å². The number of benzene rings is 3. The van der Waals surface area contributed by atoms with Gasteiger partial charge in [-0.2, -0.15) is 0 Å². The number of carbonyl (C=O) groups excluding carboxylic acids is 1. The number of thioether (sulfide) groups is 1. The molecule has 0 bridgehead atoms. The Hall–Kier alpha value is -3.79. The molecule has 0 spiro atoms. The lowest BCUT2D eigenvalue weighted by molar-refractivity contribution is -0.113. The molecule has 1 N–H and O–H groups in total. The molecule has 4 rings (SSSR count). The highest BCUT2D eigenvalue weighted by Crippen LogP contribution is 2.24. The summed E-state index contributed by atoms with van der Waals surface area (Å²) in [5, 5.41) is 11.2. The molecular weight excluding hydrogens is 453 g/mol. The zero-order valence-corrected chi connectivity index (χ0v) is 17.9. The fraction of sp³-hybridized carbons (Fsp3) is 0.0870.